The lowest BCUT2D eigenvalue weighted by Crippen LogP contribution is -2.14. The summed E-state index contributed by atoms with van der Waals surface area (Å²) < 4.78 is 46.6. The average Bonchev–Trinajstić information content (AvgIpc) is 2.82. The van der Waals surface area contributed by atoms with Gasteiger partial charge in [0.05, 0.1) is 17.5 Å². The van der Waals surface area contributed by atoms with Crippen molar-refractivity contribution in [3.8, 4) is 28.8 Å². The van der Waals surface area contributed by atoms with Gasteiger partial charge in [0.2, 0.25) is 5.88 Å². The van der Waals surface area contributed by atoms with Crippen LogP contribution in [-0.4, -0.2) is 36.2 Å². The van der Waals surface area contributed by atoms with Gasteiger partial charge in [-0.15, -0.1) is 0 Å². The number of fused-ring (bicyclic) bond motifs is 1. The van der Waals surface area contributed by atoms with E-state index in [0.717, 1.165) is 28.6 Å². The molecular formula is C26H22FN3O4S. The normalized spacial score (nSPS) is 11.6. The molecule has 7 nitrogen and oxygen atoms in total. The van der Waals surface area contributed by atoms with Crippen molar-refractivity contribution in [3.63, 3.8) is 0 Å². The summed E-state index contributed by atoms with van der Waals surface area (Å²) in [6.07, 6.45) is 3.21. The predicted molar refractivity (Wildman–Crippen MR) is 132 cm³/mol. The third-order valence-electron chi connectivity index (χ3n) is 4.99. The van der Waals surface area contributed by atoms with Crippen molar-refractivity contribution >= 4 is 26.6 Å². The molecule has 0 unspecified atom stereocenters. The number of hydrogen-bond donors (Lipinski definition) is 2. The maximum absolute atomic E-state index is 13.2. The van der Waals surface area contributed by atoms with Gasteiger partial charge in [0.15, 0.2) is 0 Å². The minimum atomic E-state index is -4.01. The Kier molecular flexibility index (Phi) is 6.43. The quantitative estimate of drug-likeness (QED) is 0.402. The SMILES string of the molecule is COc1ncc(-c2ccc3nccc(C#CC(C)(C)O)c3c2)cc1NS(=O)(=O)c1ccc(F)cc1. The Morgan fingerprint density at radius 2 is 1.77 bits per heavy atom. The van der Waals surface area contributed by atoms with Gasteiger partial charge in [-0.25, -0.2) is 17.8 Å². The summed E-state index contributed by atoms with van der Waals surface area (Å²) in [4.78, 5) is 8.52. The van der Waals surface area contributed by atoms with Crippen LogP contribution in [0.15, 0.2) is 71.9 Å². The van der Waals surface area contributed by atoms with Crippen LogP contribution in [-0.2, 0) is 10.0 Å². The number of aromatic nitrogens is 2. The minimum absolute atomic E-state index is 0.0821. The highest BCUT2D eigenvalue weighted by Crippen LogP contribution is 2.32. The highest BCUT2D eigenvalue weighted by Gasteiger charge is 2.18. The number of aliphatic hydroxyl groups is 1. The first-order chi connectivity index (χ1) is 16.6. The summed E-state index contributed by atoms with van der Waals surface area (Å²) >= 11 is 0. The number of rotatable bonds is 5. The molecule has 2 aromatic carbocycles. The van der Waals surface area contributed by atoms with E-state index in [2.05, 4.69) is 26.5 Å². The molecule has 4 aromatic rings. The van der Waals surface area contributed by atoms with E-state index in [1.54, 1.807) is 38.4 Å². The Balaban J connectivity index is 1.76. The number of hydrogen-bond acceptors (Lipinski definition) is 6. The first-order valence-electron chi connectivity index (χ1n) is 10.5. The summed E-state index contributed by atoms with van der Waals surface area (Å²) in [5.74, 6) is 5.35. The second-order valence-electron chi connectivity index (χ2n) is 8.24. The van der Waals surface area contributed by atoms with E-state index >= 15 is 0 Å². The van der Waals surface area contributed by atoms with Gasteiger partial charge in [0.1, 0.15) is 17.1 Å². The highest BCUT2D eigenvalue weighted by atomic mass is 32.2. The third kappa shape index (κ3) is 5.57. The summed E-state index contributed by atoms with van der Waals surface area (Å²) in [6, 6.07) is 13.4. The molecule has 2 heterocycles. The van der Waals surface area contributed by atoms with Crippen molar-refractivity contribution in [2.24, 2.45) is 0 Å². The molecule has 35 heavy (non-hydrogen) atoms. The lowest BCUT2D eigenvalue weighted by Gasteiger charge is -2.13. The summed E-state index contributed by atoms with van der Waals surface area (Å²) in [5.41, 5.74) is 1.75. The predicted octanol–water partition coefficient (Wildman–Crippen LogP) is 4.37. The van der Waals surface area contributed by atoms with Gasteiger partial charge in [-0.1, -0.05) is 17.9 Å². The number of nitrogens with zero attached hydrogens (tertiary/aromatic N) is 2. The molecule has 0 radical (unpaired) electrons. The van der Waals surface area contributed by atoms with Gasteiger partial charge < -0.3 is 9.84 Å². The van der Waals surface area contributed by atoms with Crippen molar-refractivity contribution < 1.29 is 22.7 Å². The standard InChI is InChI=1S/C26H22FN3O4S/c1-26(2,31)12-10-17-11-13-28-23-9-4-18(14-22(17)23)19-15-24(25(34-3)29-16-19)30-35(32,33)21-7-5-20(27)6-8-21/h4-9,11,13-16,30-31H,1-3H3. The van der Waals surface area contributed by atoms with Gasteiger partial charge in [-0.3, -0.25) is 9.71 Å². The first-order valence-corrected chi connectivity index (χ1v) is 12.0. The fourth-order valence-corrected chi connectivity index (χ4v) is 4.37. The molecular weight excluding hydrogens is 469 g/mol. The average molecular weight is 492 g/mol. The molecule has 0 aliphatic heterocycles. The first kappa shape index (κ1) is 24.1. The fourth-order valence-electron chi connectivity index (χ4n) is 3.32. The Morgan fingerprint density at radius 1 is 1.03 bits per heavy atom. The van der Waals surface area contributed by atoms with E-state index in [0.29, 0.717) is 11.1 Å². The number of anilines is 1. The smallest absolute Gasteiger partial charge is 0.262 e. The summed E-state index contributed by atoms with van der Waals surface area (Å²) in [6.45, 7) is 3.21. The van der Waals surface area contributed by atoms with Crippen LogP contribution in [0.2, 0.25) is 0 Å². The van der Waals surface area contributed by atoms with E-state index in [1.165, 1.54) is 19.2 Å². The number of halogens is 1. The Hall–Kier alpha value is -4.00. The van der Waals surface area contributed by atoms with Gasteiger partial charge >= 0.3 is 0 Å². The van der Waals surface area contributed by atoms with Crippen LogP contribution < -0.4 is 9.46 Å². The van der Waals surface area contributed by atoms with Crippen molar-refractivity contribution in [2.75, 3.05) is 11.8 Å². The van der Waals surface area contributed by atoms with Crippen molar-refractivity contribution in [1.82, 2.24) is 9.97 Å². The van der Waals surface area contributed by atoms with Crippen molar-refractivity contribution in [1.29, 1.82) is 0 Å². The zero-order valence-corrected chi connectivity index (χ0v) is 20.0. The summed E-state index contributed by atoms with van der Waals surface area (Å²) in [7, 11) is -2.63. The van der Waals surface area contributed by atoms with Gasteiger partial charge in [-0.05, 0) is 67.9 Å². The molecule has 4 rings (SSSR count). The lowest BCUT2D eigenvalue weighted by atomic mass is 10.0. The molecule has 0 saturated heterocycles. The third-order valence-corrected chi connectivity index (χ3v) is 6.37. The largest absolute Gasteiger partial charge is 0.480 e. The van der Waals surface area contributed by atoms with Gasteiger partial charge in [0, 0.05) is 28.9 Å². The van der Waals surface area contributed by atoms with Crippen LogP contribution in [0.25, 0.3) is 22.0 Å². The molecule has 9 heteroatoms. The lowest BCUT2D eigenvalue weighted by molar-refractivity contribution is 0.143. The number of methoxy groups -OCH3 is 1. The number of sulfonamides is 1. The number of nitrogens with one attached hydrogen (secondary N) is 1. The number of ether oxygens (including phenoxy) is 1. The fraction of sp³-hybridized carbons (Fsp3) is 0.154. The maximum Gasteiger partial charge on any atom is 0.262 e. The Bertz CT molecular complexity index is 1570. The summed E-state index contributed by atoms with van der Waals surface area (Å²) in [5, 5.41) is 10.7. The van der Waals surface area contributed by atoms with Crippen molar-refractivity contribution in [3.05, 3.63) is 78.4 Å². The number of benzene rings is 2. The van der Waals surface area contributed by atoms with Crippen LogP contribution in [0.3, 0.4) is 0 Å². The highest BCUT2D eigenvalue weighted by molar-refractivity contribution is 7.92. The molecule has 2 N–H and O–H groups in total. The second kappa shape index (κ2) is 9.33. The molecule has 0 spiro atoms. The molecule has 0 bridgehead atoms. The van der Waals surface area contributed by atoms with E-state index < -0.39 is 21.4 Å². The second-order valence-corrected chi connectivity index (χ2v) is 9.92. The molecule has 0 saturated carbocycles. The van der Waals surface area contributed by atoms with E-state index in [1.807, 2.05) is 18.2 Å². The van der Waals surface area contributed by atoms with Crippen LogP contribution in [0.5, 0.6) is 5.88 Å². The molecule has 2 aromatic heterocycles. The monoisotopic (exact) mass is 491 g/mol. The van der Waals surface area contributed by atoms with Gasteiger partial charge in [-0.2, -0.15) is 0 Å². The molecule has 0 fully saturated rings. The molecule has 0 amide bonds. The zero-order valence-electron chi connectivity index (χ0n) is 19.2. The molecule has 0 atom stereocenters. The van der Waals surface area contributed by atoms with Gasteiger partial charge in [0.25, 0.3) is 10.0 Å². The molecule has 0 aliphatic rings. The van der Waals surface area contributed by atoms with Crippen LogP contribution in [0.4, 0.5) is 10.1 Å². The topological polar surface area (TPSA) is 101 Å². The van der Waals surface area contributed by atoms with Crippen LogP contribution in [0.1, 0.15) is 19.4 Å². The minimum Gasteiger partial charge on any atom is -0.480 e. The van der Waals surface area contributed by atoms with E-state index in [-0.39, 0.29) is 16.5 Å². The van der Waals surface area contributed by atoms with E-state index in [4.69, 9.17) is 4.74 Å². The van der Waals surface area contributed by atoms with Crippen molar-refractivity contribution in [2.45, 2.75) is 24.3 Å². The zero-order chi connectivity index (χ0) is 25.2. The van der Waals surface area contributed by atoms with Crippen LogP contribution in [0, 0.1) is 17.7 Å². The Labute approximate surface area is 202 Å². The molecule has 178 valence electrons. The molecule has 0 aliphatic carbocycles. The Morgan fingerprint density at radius 3 is 2.46 bits per heavy atom. The van der Waals surface area contributed by atoms with Crippen LogP contribution >= 0.6 is 0 Å². The number of pyridine rings is 2. The maximum atomic E-state index is 13.2. The van der Waals surface area contributed by atoms with E-state index in [9.17, 15) is 17.9 Å².